The average molecular weight is 306 g/mol. The van der Waals surface area contributed by atoms with Crippen LogP contribution in [0, 0.1) is 0 Å². The minimum atomic E-state index is -0.819. The van der Waals surface area contributed by atoms with Gasteiger partial charge in [-0.2, -0.15) is 0 Å². The lowest BCUT2D eigenvalue weighted by molar-refractivity contribution is -0.133. The van der Waals surface area contributed by atoms with Gasteiger partial charge in [-0.3, -0.25) is 9.78 Å². The first-order chi connectivity index (χ1) is 10.1. The Morgan fingerprint density at radius 3 is 2.95 bits per heavy atom. The van der Waals surface area contributed by atoms with Gasteiger partial charge in [0.1, 0.15) is 5.52 Å². The molecule has 0 saturated carbocycles. The Labute approximate surface area is 127 Å². The van der Waals surface area contributed by atoms with Crippen molar-refractivity contribution >= 4 is 28.8 Å². The highest BCUT2D eigenvalue weighted by atomic mass is 32.2. The first-order valence-corrected chi connectivity index (χ1v) is 7.99. The van der Waals surface area contributed by atoms with E-state index in [1.165, 1.54) is 11.8 Å². The first-order valence-electron chi connectivity index (χ1n) is 7.00. The van der Waals surface area contributed by atoms with E-state index in [0.29, 0.717) is 6.04 Å². The van der Waals surface area contributed by atoms with E-state index in [-0.39, 0.29) is 5.75 Å². The molecular formula is C14H18N4O2S. The van der Waals surface area contributed by atoms with Gasteiger partial charge in [-0.25, -0.2) is 4.98 Å². The number of fused-ring (bicyclic) bond motifs is 1. The predicted molar refractivity (Wildman–Crippen MR) is 81.7 cm³/mol. The summed E-state index contributed by atoms with van der Waals surface area (Å²) < 4.78 is 2.21. The number of nitrogens with zero attached hydrogens (tertiary/aromatic N) is 4. The third-order valence-electron chi connectivity index (χ3n) is 3.84. The van der Waals surface area contributed by atoms with Crippen LogP contribution in [-0.2, 0) is 4.79 Å². The third-order valence-corrected chi connectivity index (χ3v) is 4.77. The molecule has 0 bridgehead atoms. The van der Waals surface area contributed by atoms with Crippen LogP contribution in [-0.4, -0.2) is 56.4 Å². The van der Waals surface area contributed by atoms with Crippen molar-refractivity contribution < 1.29 is 9.90 Å². The molecule has 1 saturated heterocycles. The fraction of sp³-hybridized carbons (Fsp3) is 0.500. The number of imidazole rings is 1. The van der Waals surface area contributed by atoms with Crippen LogP contribution in [0.1, 0.15) is 18.9 Å². The molecule has 112 valence electrons. The first kappa shape index (κ1) is 14.3. The second-order valence-corrected chi connectivity index (χ2v) is 6.29. The van der Waals surface area contributed by atoms with E-state index in [2.05, 4.69) is 26.5 Å². The summed E-state index contributed by atoms with van der Waals surface area (Å²) >= 11 is 1.29. The number of rotatable bonds is 4. The van der Waals surface area contributed by atoms with E-state index in [4.69, 9.17) is 5.11 Å². The summed E-state index contributed by atoms with van der Waals surface area (Å²) in [5, 5.41) is 9.70. The van der Waals surface area contributed by atoms with Gasteiger partial charge in [-0.05, 0) is 39.0 Å². The van der Waals surface area contributed by atoms with E-state index in [0.717, 1.165) is 42.1 Å². The Bertz CT molecular complexity index is 649. The summed E-state index contributed by atoms with van der Waals surface area (Å²) in [5.41, 5.74) is 1.89. The monoisotopic (exact) mass is 306 g/mol. The van der Waals surface area contributed by atoms with Gasteiger partial charge in [0.2, 0.25) is 0 Å². The number of piperidine rings is 1. The predicted octanol–water partition coefficient (Wildman–Crippen LogP) is 1.87. The van der Waals surface area contributed by atoms with Crippen LogP contribution >= 0.6 is 11.8 Å². The molecule has 7 heteroatoms. The molecule has 0 amide bonds. The fourth-order valence-corrected chi connectivity index (χ4v) is 3.56. The van der Waals surface area contributed by atoms with Gasteiger partial charge in [0.05, 0.1) is 17.5 Å². The molecule has 2 aromatic rings. The standard InChI is InChI=1S/C14H18N4O2S/c1-17-6-3-10(4-7-17)18-12-2-5-15-8-11(12)16-14(18)21-9-13(19)20/h2,5,8,10H,3-4,6-7,9H2,1H3,(H,19,20). The second-order valence-electron chi connectivity index (χ2n) is 5.35. The van der Waals surface area contributed by atoms with E-state index in [1.807, 2.05) is 6.07 Å². The molecule has 6 nitrogen and oxygen atoms in total. The summed E-state index contributed by atoms with van der Waals surface area (Å²) in [4.78, 5) is 21.8. The smallest absolute Gasteiger partial charge is 0.313 e. The third kappa shape index (κ3) is 3.03. The summed E-state index contributed by atoms with van der Waals surface area (Å²) in [6.07, 6.45) is 5.63. The molecule has 1 aliphatic rings. The number of thioether (sulfide) groups is 1. The lowest BCUT2D eigenvalue weighted by atomic mass is 10.1. The van der Waals surface area contributed by atoms with Crippen molar-refractivity contribution in [1.29, 1.82) is 0 Å². The van der Waals surface area contributed by atoms with Gasteiger partial charge in [0, 0.05) is 12.2 Å². The molecule has 21 heavy (non-hydrogen) atoms. The quantitative estimate of drug-likeness (QED) is 0.870. The van der Waals surface area contributed by atoms with Crippen LogP contribution in [0.5, 0.6) is 0 Å². The van der Waals surface area contributed by atoms with Crippen LogP contribution in [0.25, 0.3) is 11.0 Å². The van der Waals surface area contributed by atoms with Crippen molar-refractivity contribution in [2.45, 2.75) is 24.0 Å². The molecule has 2 aromatic heterocycles. The van der Waals surface area contributed by atoms with Gasteiger partial charge in [-0.15, -0.1) is 0 Å². The Kier molecular flexibility index (Phi) is 4.12. The topological polar surface area (TPSA) is 71.2 Å². The van der Waals surface area contributed by atoms with E-state index in [1.54, 1.807) is 12.4 Å². The Morgan fingerprint density at radius 2 is 2.24 bits per heavy atom. The van der Waals surface area contributed by atoms with Crippen LogP contribution in [0.3, 0.4) is 0 Å². The molecule has 3 rings (SSSR count). The van der Waals surface area contributed by atoms with Crippen molar-refractivity contribution in [3.05, 3.63) is 18.5 Å². The highest BCUT2D eigenvalue weighted by Crippen LogP contribution is 2.32. The lowest BCUT2D eigenvalue weighted by Crippen LogP contribution is -2.31. The zero-order valence-corrected chi connectivity index (χ0v) is 12.7. The second kappa shape index (κ2) is 6.03. The summed E-state index contributed by atoms with van der Waals surface area (Å²) in [7, 11) is 2.13. The van der Waals surface area contributed by atoms with Gasteiger partial charge in [0.25, 0.3) is 0 Å². The molecule has 0 atom stereocenters. The molecule has 1 aliphatic heterocycles. The van der Waals surface area contributed by atoms with Gasteiger partial charge in [0.15, 0.2) is 5.16 Å². The number of hydrogen-bond acceptors (Lipinski definition) is 5. The highest BCUT2D eigenvalue weighted by Gasteiger charge is 2.23. The van der Waals surface area contributed by atoms with Crippen molar-refractivity contribution in [3.63, 3.8) is 0 Å². The van der Waals surface area contributed by atoms with E-state index < -0.39 is 5.97 Å². The number of likely N-dealkylation sites (tertiary alicyclic amines) is 1. The summed E-state index contributed by atoms with van der Waals surface area (Å²) in [5.74, 6) is -0.788. The molecule has 0 radical (unpaired) electrons. The van der Waals surface area contributed by atoms with Gasteiger partial charge < -0.3 is 14.6 Å². The molecule has 1 N–H and O–H groups in total. The highest BCUT2D eigenvalue weighted by molar-refractivity contribution is 7.99. The molecule has 1 fully saturated rings. The van der Waals surface area contributed by atoms with Crippen molar-refractivity contribution in [3.8, 4) is 0 Å². The van der Waals surface area contributed by atoms with Crippen LogP contribution in [0.15, 0.2) is 23.6 Å². The molecule has 0 aromatic carbocycles. The Morgan fingerprint density at radius 1 is 1.48 bits per heavy atom. The summed E-state index contributed by atoms with van der Waals surface area (Å²) in [6.45, 7) is 2.11. The zero-order chi connectivity index (χ0) is 14.8. The number of carboxylic acid groups (broad SMARTS) is 1. The minimum absolute atomic E-state index is 0.0311. The normalized spacial score (nSPS) is 17.4. The molecule has 0 spiro atoms. The fourth-order valence-electron chi connectivity index (χ4n) is 2.76. The maximum atomic E-state index is 10.8. The lowest BCUT2D eigenvalue weighted by Gasteiger charge is -2.31. The summed E-state index contributed by atoms with van der Waals surface area (Å²) in [6, 6.07) is 2.34. The zero-order valence-electron chi connectivity index (χ0n) is 11.9. The number of aliphatic carboxylic acids is 1. The number of hydrogen-bond donors (Lipinski definition) is 1. The molecule has 0 aliphatic carbocycles. The van der Waals surface area contributed by atoms with Gasteiger partial charge >= 0.3 is 5.97 Å². The number of carbonyl (C=O) groups is 1. The largest absolute Gasteiger partial charge is 0.481 e. The maximum absolute atomic E-state index is 10.8. The van der Waals surface area contributed by atoms with Crippen molar-refractivity contribution in [1.82, 2.24) is 19.4 Å². The van der Waals surface area contributed by atoms with E-state index in [9.17, 15) is 4.79 Å². The Balaban J connectivity index is 1.96. The minimum Gasteiger partial charge on any atom is -0.481 e. The van der Waals surface area contributed by atoms with Crippen LogP contribution < -0.4 is 0 Å². The number of carboxylic acids is 1. The molecule has 0 unspecified atom stereocenters. The average Bonchev–Trinajstić information content (AvgIpc) is 2.84. The maximum Gasteiger partial charge on any atom is 0.313 e. The van der Waals surface area contributed by atoms with Crippen molar-refractivity contribution in [2.75, 3.05) is 25.9 Å². The SMILES string of the molecule is CN1CCC(n2c(SCC(=O)O)nc3cnccc32)CC1. The van der Waals surface area contributed by atoms with E-state index >= 15 is 0 Å². The Hall–Kier alpha value is -1.60. The van der Waals surface area contributed by atoms with Gasteiger partial charge in [-0.1, -0.05) is 11.8 Å². The van der Waals surface area contributed by atoms with Crippen LogP contribution in [0.4, 0.5) is 0 Å². The molecule has 3 heterocycles. The van der Waals surface area contributed by atoms with Crippen LogP contribution in [0.2, 0.25) is 0 Å². The number of aromatic nitrogens is 3. The van der Waals surface area contributed by atoms with Crippen molar-refractivity contribution in [2.24, 2.45) is 0 Å². The number of pyridine rings is 1. The molecular weight excluding hydrogens is 288 g/mol.